The van der Waals surface area contributed by atoms with Crippen molar-refractivity contribution in [3.63, 3.8) is 0 Å². The van der Waals surface area contributed by atoms with Crippen LogP contribution in [0.15, 0.2) is 5.16 Å². The van der Waals surface area contributed by atoms with E-state index in [1.165, 1.54) is 6.26 Å². The van der Waals surface area contributed by atoms with Gasteiger partial charge in [0, 0.05) is 17.7 Å². The molecule has 0 aliphatic rings. The van der Waals surface area contributed by atoms with Crippen LogP contribution in [0.4, 0.5) is 10.2 Å². The van der Waals surface area contributed by atoms with Crippen molar-refractivity contribution in [3.05, 3.63) is 11.0 Å². The number of anilines is 1. The number of hydrogen-bond acceptors (Lipinski definition) is 7. The van der Waals surface area contributed by atoms with E-state index in [2.05, 4.69) is 54.1 Å². The smallest absolute Gasteiger partial charge is 0.345 e. The van der Waals surface area contributed by atoms with E-state index in [1.807, 2.05) is 13.8 Å². The van der Waals surface area contributed by atoms with Gasteiger partial charge in [-0.15, -0.1) is 0 Å². The molecule has 7 nitrogen and oxygen atoms in total. The zero-order chi connectivity index (χ0) is 22.9. The van der Waals surface area contributed by atoms with E-state index in [9.17, 15) is 8.94 Å². The van der Waals surface area contributed by atoms with Crippen LogP contribution in [-0.2, 0) is 15.6 Å². The summed E-state index contributed by atoms with van der Waals surface area (Å²) in [7, 11) is -1.91. The average molecular weight is 477 g/mol. The van der Waals surface area contributed by atoms with Gasteiger partial charge in [0.15, 0.2) is 19.3 Å². The summed E-state index contributed by atoms with van der Waals surface area (Å²) in [6.45, 7) is 15.3. The number of rotatable bonds is 8. The van der Waals surface area contributed by atoms with E-state index < -0.39 is 25.3 Å². The van der Waals surface area contributed by atoms with Crippen molar-refractivity contribution < 1.29 is 18.1 Å². The predicted octanol–water partition coefficient (Wildman–Crippen LogP) is 4.78. The second-order valence-electron chi connectivity index (χ2n) is 8.76. The molecule has 0 bridgehead atoms. The Hall–Kier alpha value is -1.20. The van der Waals surface area contributed by atoms with Gasteiger partial charge in [-0.3, -0.25) is 0 Å². The number of nitrogens with one attached hydrogen (secondary N) is 1. The Kier molecular flexibility index (Phi) is 7.95. The summed E-state index contributed by atoms with van der Waals surface area (Å²) < 4.78 is 38.6. The van der Waals surface area contributed by atoms with Crippen LogP contribution >= 0.6 is 11.6 Å². The molecule has 0 aliphatic heterocycles. The highest BCUT2D eigenvalue weighted by Crippen LogP contribution is 2.37. The lowest BCUT2D eigenvalue weighted by Crippen LogP contribution is -2.41. The Morgan fingerprint density at radius 3 is 2.40 bits per heavy atom. The fraction of sp³-hybridized carbons (Fsp3) is 0.632. The standard InChI is InChI=1S/C19H30ClFN4O3SSi/c1-11(2)28-17-12-14(13(21)15(20)24-17)23-18(29(6)26)25-16(12)22-9-10-27-30(7,8)19(3,4)5/h11H,9-10H2,1-8H3,(H,22,23,25). The molecule has 2 aromatic rings. The highest BCUT2D eigenvalue weighted by atomic mass is 35.5. The Bertz CT molecular complexity index is 910. The van der Waals surface area contributed by atoms with Gasteiger partial charge in [0.1, 0.15) is 23.0 Å². The van der Waals surface area contributed by atoms with E-state index in [0.29, 0.717) is 13.2 Å². The summed E-state index contributed by atoms with van der Waals surface area (Å²) in [5, 5.41) is 3.12. The largest absolute Gasteiger partial charge is 0.609 e. The van der Waals surface area contributed by atoms with Gasteiger partial charge < -0.3 is 19.0 Å². The van der Waals surface area contributed by atoms with Crippen LogP contribution in [0.1, 0.15) is 34.6 Å². The van der Waals surface area contributed by atoms with Crippen molar-refractivity contribution in [2.24, 2.45) is 0 Å². The number of halogens is 2. The molecule has 30 heavy (non-hydrogen) atoms. The molecule has 0 saturated carbocycles. The van der Waals surface area contributed by atoms with Crippen LogP contribution in [0, 0.1) is 5.82 Å². The minimum absolute atomic E-state index is 0.00743. The van der Waals surface area contributed by atoms with Gasteiger partial charge in [-0.25, -0.2) is 4.39 Å². The minimum atomic E-state index is -1.91. The van der Waals surface area contributed by atoms with Gasteiger partial charge in [0.25, 0.3) is 0 Å². The first-order valence-corrected chi connectivity index (χ1v) is 14.5. The molecular formula is C19H30ClFN4O3SSi. The van der Waals surface area contributed by atoms with E-state index in [1.54, 1.807) is 0 Å². The topological polar surface area (TPSA) is 92.2 Å². The molecule has 1 N–H and O–H groups in total. The molecule has 168 valence electrons. The van der Waals surface area contributed by atoms with Gasteiger partial charge in [-0.1, -0.05) is 32.4 Å². The summed E-state index contributed by atoms with van der Waals surface area (Å²) in [4.78, 5) is 12.5. The maximum atomic E-state index is 14.7. The van der Waals surface area contributed by atoms with Gasteiger partial charge >= 0.3 is 5.16 Å². The van der Waals surface area contributed by atoms with Crippen LogP contribution in [-0.4, -0.2) is 53.3 Å². The molecule has 0 radical (unpaired) electrons. The van der Waals surface area contributed by atoms with Crippen molar-refractivity contribution in [2.45, 2.75) is 64.0 Å². The molecule has 1 unspecified atom stereocenters. The molecule has 2 rings (SSSR count). The number of hydrogen-bond donors (Lipinski definition) is 1. The lowest BCUT2D eigenvalue weighted by atomic mass is 10.2. The van der Waals surface area contributed by atoms with Gasteiger partial charge in [0.2, 0.25) is 5.88 Å². The molecule has 11 heteroatoms. The molecule has 2 aromatic heterocycles. The van der Waals surface area contributed by atoms with Crippen LogP contribution in [0.25, 0.3) is 10.9 Å². The number of aromatic nitrogens is 3. The van der Waals surface area contributed by atoms with E-state index in [0.717, 1.165) is 0 Å². The predicted molar refractivity (Wildman–Crippen MR) is 122 cm³/mol. The number of nitrogens with zero attached hydrogens (tertiary/aromatic N) is 3. The molecule has 0 fully saturated rings. The van der Waals surface area contributed by atoms with Crippen molar-refractivity contribution in [1.29, 1.82) is 0 Å². The molecule has 0 saturated heterocycles. The molecule has 0 aliphatic carbocycles. The van der Waals surface area contributed by atoms with Crippen LogP contribution in [0.5, 0.6) is 5.88 Å². The molecule has 0 aromatic carbocycles. The Morgan fingerprint density at radius 1 is 1.23 bits per heavy atom. The summed E-state index contributed by atoms with van der Waals surface area (Å²) in [6.07, 6.45) is 1.20. The Labute approximate surface area is 186 Å². The summed E-state index contributed by atoms with van der Waals surface area (Å²) >= 11 is 4.42. The lowest BCUT2D eigenvalue weighted by Gasteiger charge is -2.36. The number of pyridine rings is 1. The van der Waals surface area contributed by atoms with Crippen molar-refractivity contribution in [1.82, 2.24) is 15.0 Å². The molecule has 0 spiro atoms. The maximum absolute atomic E-state index is 14.7. The molecule has 2 heterocycles. The molecule has 1 atom stereocenters. The first-order chi connectivity index (χ1) is 13.7. The molecular weight excluding hydrogens is 447 g/mol. The third-order valence-corrected chi connectivity index (χ3v) is 10.4. The van der Waals surface area contributed by atoms with E-state index in [-0.39, 0.29) is 44.1 Å². The average Bonchev–Trinajstić information content (AvgIpc) is 2.61. The second-order valence-corrected chi connectivity index (χ2v) is 15.2. The summed E-state index contributed by atoms with van der Waals surface area (Å²) in [5.41, 5.74) is -0.0846. The Morgan fingerprint density at radius 2 is 1.87 bits per heavy atom. The van der Waals surface area contributed by atoms with E-state index in [4.69, 9.17) is 20.8 Å². The van der Waals surface area contributed by atoms with Crippen LogP contribution in [0.2, 0.25) is 23.3 Å². The van der Waals surface area contributed by atoms with Crippen LogP contribution < -0.4 is 10.1 Å². The monoisotopic (exact) mass is 476 g/mol. The van der Waals surface area contributed by atoms with Gasteiger partial charge in [-0.2, -0.15) is 15.0 Å². The lowest BCUT2D eigenvalue weighted by molar-refractivity contribution is 0.235. The highest BCUT2D eigenvalue weighted by Gasteiger charge is 2.36. The fourth-order valence-corrected chi connectivity index (χ4v) is 4.00. The maximum Gasteiger partial charge on any atom is 0.345 e. The van der Waals surface area contributed by atoms with Crippen molar-refractivity contribution in [2.75, 3.05) is 24.7 Å². The normalized spacial score (nSPS) is 13.7. The Balaban J connectivity index is 2.43. The first-order valence-electron chi connectivity index (χ1n) is 9.69. The van der Waals surface area contributed by atoms with Gasteiger partial charge in [-0.05, 0) is 32.0 Å². The minimum Gasteiger partial charge on any atom is -0.609 e. The van der Waals surface area contributed by atoms with Crippen molar-refractivity contribution in [3.8, 4) is 5.88 Å². The number of fused-ring (bicyclic) bond motifs is 1. The first kappa shape index (κ1) is 25.1. The summed E-state index contributed by atoms with van der Waals surface area (Å²) in [6, 6.07) is 0. The zero-order valence-corrected chi connectivity index (χ0v) is 21.3. The summed E-state index contributed by atoms with van der Waals surface area (Å²) in [5.74, 6) is -0.409. The molecule has 0 amide bonds. The third kappa shape index (κ3) is 5.73. The van der Waals surface area contributed by atoms with Gasteiger partial charge in [0.05, 0.1) is 12.7 Å². The zero-order valence-electron chi connectivity index (χ0n) is 18.7. The van der Waals surface area contributed by atoms with E-state index >= 15 is 0 Å². The SMILES string of the molecule is CC(C)Oc1nc(Cl)c(F)c2nc([S+](C)[O-])nc(NCCO[Si](C)(C)C(C)(C)C)c12. The van der Waals surface area contributed by atoms with Crippen LogP contribution in [0.3, 0.4) is 0 Å². The fourth-order valence-electron chi connectivity index (χ4n) is 2.35. The quantitative estimate of drug-likeness (QED) is 0.193. The second kappa shape index (κ2) is 9.52. The van der Waals surface area contributed by atoms with Crippen molar-refractivity contribution >= 4 is 47.8 Å². The highest BCUT2D eigenvalue weighted by molar-refractivity contribution is 7.90. The number of ether oxygens (including phenoxy) is 1. The third-order valence-electron chi connectivity index (χ3n) is 4.96.